The van der Waals surface area contributed by atoms with E-state index in [9.17, 15) is 9.59 Å². The van der Waals surface area contributed by atoms with Gasteiger partial charge in [-0.3, -0.25) is 9.59 Å². The molecule has 23 heavy (non-hydrogen) atoms. The molecular weight excluding hydrogens is 312 g/mol. The molecule has 5 heteroatoms. The molecule has 0 aliphatic carbocycles. The highest BCUT2D eigenvalue weighted by Gasteiger charge is 2.46. The van der Waals surface area contributed by atoms with Gasteiger partial charge in [0.2, 0.25) is 11.8 Å². The van der Waals surface area contributed by atoms with Gasteiger partial charge in [-0.25, -0.2) is 0 Å². The average molecular weight is 335 g/mol. The quantitative estimate of drug-likeness (QED) is 0.920. The zero-order valence-electron chi connectivity index (χ0n) is 13.3. The van der Waals surface area contributed by atoms with E-state index in [0.29, 0.717) is 19.5 Å². The van der Waals surface area contributed by atoms with E-state index in [1.165, 1.54) is 5.56 Å². The molecular formula is C18H23ClN2O2. The Morgan fingerprint density at radius 3 is 2.78 bits per heavy atom. The number of aryl methyl sites for hydroxylation is 1. The van der Waals surface area contributed by atoms with Gasteiger partial charge in [-0.05, 0) is 49.8 Å². The fourth-order valence-corrected chi connectivity index (χ4v) is 3.78. The second-order valence-corrected chi connectivity index (χ2v) is 7.12. The second kappa shape index (κ2) is 6.91. The van der Waals surface area contributed by atoms with Crippen molar-refractivity contribution in [2.24, 2.45) is 5.41 Å². The van der Waals surface area contributed by atoms with E-state index in [1.807, 2.05) is 29.2 Å². The minimum atomic E-state index is -0.315. The summed E-state index contributed by atoms with van der Waals surface area (Å²) in [7, 11) is 0. The molecule has 0 bridgehead atoms. The van der Waals surface area contributed by atoms with Crippen LogP contribution in [0.15, 0.2) is 24.3 Å². The standard InChI is InChI=1S/C18H23ClN2O2/c19-15-7-5-14(6-8-15)3-1-4-16(22)21-12-10-18(13-21)9-2-11-20-17(18)23/h5-8H,1-4,9-13H2,(H,20,23)/t18-/m0/s1. The molecule has 2 saturated heterocycles. The van der Waals surface area contributed by atoms with Crippen molar-refractivity contribution in [2.45, 2.75) is 38.5 Å². The van der Waals surface area contributed by atoms with Crippen molar-refractivity contribution in [1.29, 1.82) is 0 Å². The molecule has 1 aromatic rings. The number of piperidine rings is 1. The first-order valence-corrected chi connectivity index (χ1v) is 8.77. The van der Waals surface area contributed by atoms with E-state index in [2.05, 4.69) is 5.32 Å². The Hall–Kier alpha value is -1.55. The van der Waals surface area contributed by atoms with Crippen LogP contribution in [0.3, 0.4) is 0 Å². The van der Waals surface area contributed by atoms with Gasteiger partial charge in [0.25, 0.3) is 0 Å². The highest BCUT2D eigenvalue weighted by Crippen LogP contribution is 2.37. The minimum absolute atomic E-state index is 0.139. The van der Waals surface area contributed by atoms with Crippen LogP contribution in [0.5, 0.6) is 0 Å². The summed E-state index contributed by atoms with van der Waals surface area (Å²) in [6.45, 7) is 2.08. The zero-order valence-corrected chi connectivity index (χ0v) is 14.1. The Bertz CT molecular complexity index is 587. The number of carbonyl (C=O) groups excluding carboxylic acids is 2. The number of amides is 2. The van der Waals surface area contributed by atoms with Crippen LogP contribution >= 0.6 is 11.6 Å². The first kappa shape index (κ1) is 16.3. The van der Waals surface area contributed by atoms with Crippen molar-refractivity contribution in [3.8, 4) is 0 Å². The van der Waals surface area contributed by atoms with Gasteiger partial charge in [-0.15, -0.1) is 0 Å². The van der Waals surface area contributed by atoms with Gasteiger partial charge >= 0.3 is 0 Å². The van der Waals surface area contributed by atoms with Crippen molar-refractivity contribution in [3.63, 3.8) is 0 Å². The van der Waals surface area contributed by atoms with E-state index in [-0.39, 0.29) is 17.2 Å². The lowest BCUT2D eigenvalue weighted by molar-refractivity contribution is -0.134. The molecule has 2 aliphatic heterocycles. The van der Waals surface area contributed by atoms with Crippen molar-refractivity contribution in [1.82, 2.24) is 10.2 Å². The maximum atomic E-state index is 12.4. The molecule has 0 aromatic heterocycles. The molecule has 0 radical (unpaired) electrons. The summed E-state index contributed by atoms with van der Waals surface area (Å²) in [6.07, 6.45) is 4.98. The number of nitrogens with zero attached hydrogens (tertiary/aromatic N) is 1. The SMILES string of the molecule is O=C(CCCc1ccc(Cl)cc1)N1CC[C@@]2(CCCNC2=O)C1. The summed E-state index contributed by atoms with van der Waals surface area (Å²) in [4.78, 5) is 26.4. The number of nitrogens with one attached hydrogen (secondary N) is 1. The van der Waals surface area contributed by atoms with E-state index < -0.39 is 0 Å². The number of halogens is 1. The summed E-state index contributed by atoms with van der Waals surface area (Å²) in [5.41, 5.74) is 0.885. The third-order valence-corrected chi connectivity index (χ3v) is 5.33. The van der Waals surface area contributed by atoms with Crippen molar-refractivity contribution in [2.75, 3.05) is 19.6 Å². The van der Waals surface area contributed by atoms with Gasteiger partial charge in [0.1, 0.15) is 0 Å². The number of rotatable bonds is 4. The third-order valence-electron chi connectivity index (χ3n) is 5.08. The van der Waals surface area contributed by atoms with E-state index in [1.54, 1.807) is 0 Å². The summed E-state index contributed by atoms with van der Waals surface area (Å²) in [5, 5.41) is 3.69. The van der Waals surface area contributed by atoms with Crippen LogP contribution in [0.1, 0.15) is 37.7 Å². The minimum Gasteiger partial charge on any atom is -0.356 e. The monoisotopic (exact) mass is 334 g/mol. The number of hydrogen-bond acceptors (Lipinski definition) is 2. The zero-order chi connectivity index (χ0) is 16.3. The Kier molecular flexibility index (Phi) is 4.90. The van der Waals surface area contributed by atoms with Crippen LogP contribution in [-0.2, 0) is 16.0 Å². The molecule has 2 aliphatic rings. The molecule has 3 rings (SSSR count). The van der Waals surface area contributed by atoms with Crippen LogP contribution < -0.4 is 5.32 Å². The molecule has 0 unspecified atom stereocenters. The fraction of sp³-hybridized carbons (Fsp3) is 0.556. The van der Waals surface area contributed by atoms with Gasteiger partial charge < -0.3 is 10.2 Å². The summed E-state index contributed by atoms with van der Waals surface area (Å²) < 4.78 is 0. The molecule has 2 amide bonds. The lowest BCUT2D eigenvalue weighted by Crippen LogP contribution is -2.47. The van der Waals surface area contributed by atoms with E-state index >= 15 is 0 Å². The maximum Gasteiger partial charge on any atom is 0.228 e. The Morgan fingerprint density at radius 1 is 1.26 bits per heavy atom. The molecule has 124 valence electrons. The van der Waals surface area contributed by atoms with E-state index in [4.69, 9.17) is 11.6 Å². The van der Waals surface area contributed by atoms with Gasteiger partial charge in [0, 0.05) is 31.1 Å². The molecule has 2 fully saturated rings. The van der Waals surface area contributed by atoms with E-state index in [0.717, 1.165) is 43.7 Å². The van der Waals surface area contributed by atoms with Crippen molar-refractivity contribution in [3.05, 3.63) is 34.9 Å². The number of likely N-dealkylation sites (tertiary alicyclic amines) is 1. The van der Waals surface area contributed by atoms with Crippen LogP contribution in [0.4, 0.5) is 0 Å². The summed E-state index contributed by atoms with van der Waals surface area (Å²) in [6, 6.07) is 7.77. The van der Waals surface area contributed by atoms with Gasteiger partial charge in [0.15, 0.2) is 0 Å². The van der Waals surface area contributed by atoms with Gasteiger partial charge in [-0.2, -0.15) is 0 Å². The fourth-order valence-electron chi connectivity index (χ4n) is 3.66. The summed E-state index contributed by atoms with van der Waals surface area (Å²) in [5.74, 6) is 0.314. The molecule has 1 spiro atoms. The Labute approximate surface area is 142 Å². The van der Waals surface area contributed by atoms with Crippen LogP contribution in [0.2, 0.25) is 5.02 Å². The summed E-state index contributed by atoms with van der Waals surface area (Å²) >= 11 is 5.87. The third kappa shape index (κ3) is 3.69. The largest absolute Gasteiger partial charge is 0.356 e. The average Bonchev–Trinajstić information content (AvgIpc) is 2.98. The molecule has 1 atom stereocenters. The number of carbonyl (C=O) groups is 2. The first-order valence-electron chi connectivity index (χ1n) is 8.40. The normalized spacial score (nSPS) is 24.0. The predicted molar refractivity (Wildman–Crippen MR) is 90.3 cm³/mol. The first-order chi connectivity index (χ1) is 11.1. The molecule has 0 saturated carbocycles. The van der Waals surface area contributed by atoms with Crippen molar-refractivity contribution >= 4 is 23.4 Å². The maximum absolute atomic E-state index is 12.4. The smallest absolute Gasteiger partial charge is 0.228 e. The van der Waals surface area contributed by atoms with Crippen LogP contribution in [0, 0.1) is 5.41 Å². The highest BCUT2D eigenvalue weighted by molar-refractivity contribution is 6.30. The molecule has 1 aromatic carbocycles. The lowest BCUT2D eigenvalue weighted by Gasteiger charge is -2.32. The number of benzene rings is 1. The molecule has 2 heterocycles. The molecule has 1 N–H and O–H groups in total. The van der Waals surface area contributed by atoms with Crippen molar-refractivity contribution < 1.29 is 9.59 Å². The van der Waals surface area contributed by atoms with Gasteiger partial charge in [-0.1, -0.05) is 23.7 Å². The lowest BCUT2D eigenvalue weighted by atomic mass is 9.79. The van der Waals surface area contributed by atoms with Crippen LogP contribution in [0.25, 0.3) is 0 Å². The van der Waals surface area contributed by atoms with Crippen LogP contribution in [-0.4, -0.2) is 36.3 Å². The Balaban J connectivity index is 1.47. The highest BCUT2D eigenvalue weighted by atomic mass is 35.5. The molecule has 4 nitrogen and oxygen atoms in total. The Morgan fingerprint density at radius 2 is 2.04 bits per heavy atom. The second-order valence-electron chi connectivity index (χ2n) is 6.69. The topological polar surface area (TPSA) is 49.4 Å². The number of hydrogen-bond donors (Lipinski definition) is 1. The van der Waals surface area contributed by atoms with Gasteiger partial charge in [0.05, 0.1) is 5.41 Å². The predicted octanol–water partition coefficient (Wildman–Crippen LogP) is 2.79.